The zero-order valence-corrected chi connectivity index (χ0v) is 6.79. The van der Waals surface area contributed by atoms with Gasteiger partial charge in [0.2, 0.25) is 0 Å². The number of nitrogens with zero attached hydrogens (tertiary/aromatic N) is 2. The van der Waals surface area contributed by atoms with E-state index < -0.39 is 0 Å². The third-order valence-corrected chi connectivity index (χ3v) is 1.28. The zero-order valence-electron chi connectivity index (χ0n) is 6.79. The van der Waals surface area contributed by atoms with Crippen LogP contribution in [0.2, 0.25) is 0 Å². The molecule has 0 aliphatic carbocycles. The Morgan fingerprint density at radius 1 is 1.36 bits per heavy atom. The van der Waals surface area contributed by atoms with Crippen LogP contribution in [0.1, 0.15) is 0 Å². The molecule has 5 heteroatoms. The SMILES string of the molecule is [Li][c]1cnc(OC)nc1OC. The Labute approximate surface area is 74.1 Å². The molecule has 0 unspecified atom stereocenters. The number of hydrogen-bond donors (Lipinski definition) is 0. The molecule has 54 valence electrons. The van der Waals surface area contributed by atoms with Crippen LogP contribution in [-0.4, -0.2) is 41.9 Å². The van der Waals surface area contributed by atoms with Crippen LogP contribution >= 0.6 is 0 Å². The van der Waals surface area contributed by atoms with E-state index in [0.717, 1.165) is 4.24 Å². The van der Waals surface area contributed by atoms with E-state index in [0.29, 0.717) is 11.9 Å². The number of rotatable bonds is 2. The first kappa shape index (κ1) is 8.37. The van der Waals surface area contributed by atoms with E-state index in [1.807, 2.05) is 17.7 Å². The van der Waals surface area contributed by atoms with Gasteiger partial charge in [-0.25, -0.2) is 0 Å². The van der Waals surface area contributed by atoms with Gasteiger partial charge >= 0.3 is 73.7 Å². The summed E-state index contributed by atoms with van der Waals surface area (Å²) in [4.78, 5) is 7.85. The van der Waals surface area contributed by atoms with Crippen LogP contribution in [-0.2, 0) is 0 Å². The van der Waals surface area contributed by atoms with Crippen LogP contribution in [0.5, 0.6) is 11.9 Å². The first-order valence-corrected chi connectivity index (χ1v) is 3.19. The van der Waals surface area contributed by atoms with Gasteiger partial charge in [-0.1, -0.05) is 0 Å². The summed E-state index contributed by atoms with van der Waals surface area (Å²) in [6.45, 7) is 0. The van der Waals surface area contributed by atoms with E-state index in [9.17, 15) is 0 Å². The topological polar surface area (TPSA) is 44.2 Å². The molecule has 0 radical (unpaired) electrons. The van der Waals surface area contributed by atoms with Crippen molar-refractivity contribution in [1.29, 1.82) is 0 Å². The van der Waals surface area contributed by atoms with Crippen LogP contribution in [0.25, 0.3) is 0 Å². The third-order valence-electron chi connectivity index (χ3n) is 1.28. The fourth-order valence-electron chi connectivity index (χ4n) is 0.716. The average molecular weight is 146 g/mol. The van der Waals surface area contributed by atoms with Crippen molar-refractivity contribution in [3.63, 3.8) is 0 Å². The minimum atomic E-state index is 0.326. The Balaban J connectivity index is 3.02. The molecule has 0 N–H and O–H groups in total. The van der Waals surface area contributed by atoms with Gasteiger partial charge in [0.1, 0.15) is 0 Å². The maximum atomic E-state index is 4.96. The Morgan fingerprint density at radius 3 is 2.64 bits per heavy atom. The molecule has 0 saturated carbocycles. The summed E-state index contributed by atoms with van der Waals surface area (Å²) in [6, 6.07) is 0.326. The first-order chi connectivity index (χ1) is 5.27. The molecule has 0 bridgehead atoms. The van der Waals surface area contributed by atoms with Gasteiger partial charge in [0.25, 0.3) is 0 Å². The zero-order chi connectivity index (χ0) is 8.27. The quantitative estimate of drug-likeness (QED) is 0.517. The summed E-state index contributed by atoms with van der Waals surface area (Å²) in [6.07, 6.45) is 1.66. The number of hydrogen-bond acceptors (Lipinski definition) is 4. The Morgan fingerprint density at radius 2 is 2.09 bits per heavy atom. The van der Waals surface area contributed by atoms with E-state index in [1.165, 1.54) is 7.11 Å². The van der Waals surface area contributed by atoms with Crippen LogP contribution < -0.4 is 13.7 Å². The molecule has 1 aromatic rings. The van der Waals surface area contributed by atoms with E-state index >= 15 is 0 Å². The minimum absolute atomic E-state index is 0.326. The van der Waals surface area contributed by atoms with Gasteiger partial charge in [-0.3, -0.25) is 0 Å². The summed E-state index contributed by atoms with van der Waals surface area (Å²) in [5.41, 5.74) is 0. The molecule has 0 atom stereocenters. The van der Waals surface area contributed by atoms with Gasteiger partial charge in [0, 0.05) is 0 Å². The Kier molecular flexibility index (Phi) is 2.75. The number of ether oxygens (including phenoxy) is 2. The van der Waals surface area contributed by atoms with Gasteiger partial charge in [-0.15, -0.1) is 0 Å². The molecule has 0 amide bonds. The summed E-state index contributed by atoms with van der Waals surface area (Å²) >= 11 is 1.87. The van der Waals surface area contributed by atoms with Crippen LogP contribution in [0.15, 0.2) is 6.20 Å². The normalized spacial score (nSPS) is 9.45. The fourth-order valence-corrected chi connectivity index (χ4v) is 0.716. The van der Waals surface area contributed by atoms with Crippen molar-refractivity contribution in [3.05, 3.63) is 6.20 Å². The maximum absolute atomic E-state index is 4.96. The molecule has 11 heavy (non-hydrogen) atoms. The van der Waals surface area contributed by atoms with Crippen LogP contribution in [0.3, 0.4) is 0 Å². The molecule has 0 fully saturated rings. The van der Waals surface area contributed by atoms with Gasteiger partial charge in [-0.2, -0.15) is 0 Å². The molecular weight excluding hydrogens is 139 g/mol. The Bertz CT molecular complexity index is 254. The molecule has 1 rings (SSSR count). The van der Waals surface area contributed by atoms with Crippen molar-refractivity contribution in [2.75, 3.05) is 14.2 Å². The van der Waals surface area contributed by atoms with Gasteiger partial charge in [-0.05, 0) is 0 Å². The van der Waals surface area contributed by atoms with Crippen LogP contribution in [0.4, 0.5) is 0 Å². The first-order valence-electron chi connectivity index (χ1n) is 3.19. The summed E-state index contributed by atoms with van der Waals surface area (Å²) in [5, 5.41) is 0. The molecule has 0 aliphatic heterocycles. The van der Waals surface area contributed by atoms with Crippen molar-refractivity contribution >= 4 is 22.0 Å². The standard InChI is InChI=1S/C6H7N2O2.Li/c1-9-5-3-4-7-6(8-5)10-2;/h4H,1-2H3;. The predicted molar refractivity (Wildman–Crippen MR) is 40.5 cm³/mol. The van der Waals surface area contributed by atoms with Gasteiger partial charge in [0.05, 0.1) is 0 Å². The van der Waals surface area contributed by atoms with Crippen molar-refractivity contribution in [3.8, 4) is 11.9 Å². The molecule has 1 aromatic heterocycles. The summed E-state index contributed by atoms with van der Waals surface area (Å²) < 4.78 is 10.7. The molecule has 0 aromatic carbocycles. The van der Waals surface area contributed by atoms with E-state index in [4.69, 9.17) is 9.47 Å². The number of methoxy groups -OCH3 is 2. The van der Waals surface area contributed by atoms with Crippen molar-refractivity contribution in [1.82, 2.24) is 9.97 Å². The van der Waals surface area contributed by atoms with E-state index in [2.05, 4.69) is 9.97 Å². The van der Waals surface area contributed by atoms with Crippen LogP contribution in [0, 0.1) is 0 Å². The average Bonchev–Trinajstić information content (AvgIpc) is 2.05. The molecule has 1 heterocycles. The monoisotopic (exact) mass is 146 g/mol. The predicted octanol–water partition coefficient (Wildman–Crippen LogP) is -0.712. The molecule has 0 aliphatic rings. The van der Waals surface area contributed by atoms with E-state index in [-0.39, 0.29) is 0 Å². The van der Waals surface area contributed by atoms with Crippen molar-refractivity contribution in [2.45, 2.75) is 0 Å². The van der Waals surface area contributed by atoms with Gasteiger partial charge < -0.3 is 0 Å². The Hall–Kier alpha value is -0.723. The van der Waals surface area contributed by atoms with Crippen molar-refractivity contribution < 1.29 is 9.47 Å². The summed E-state index contributed by atoms with van der Waals surface area (Å²) in [5.74, 6) is 0.553. The van der Waals surface area contributed by atoms with E-state index in [1.54, 1.807) is 13.3 Å². The molecule has 0 saturated heterocycles. The second-order valence-electron chi connectivity index (χ2n) is 2.05. The van der Waals surface area contributed by atoms with Gasteiger partial charge in [0.15, 0.2) is 0 Å². The third kappa shape index (κ3) is 1.85. The molecule has 0 spiro atoms. The fraction of sp³-hybridized carbons (Fsp3) is 0.333. The molecular formula is C6H7LiN2O2. The summed E-state index contributed by atoms with van der Waals surface area (Å²) in [7, 11) is 3.08. The second-order valence-corrected chi connectivity index (χ2v) is 2.05. The van der Waals surface area contributed by atoms with Crippen molar-refractivity contribution in [2.24, 2.45) is 0 Å². The second kappa shape index (κ2) is 3.61. The number of aromatic nitrogens is 2. The molecule has 4 nitrogen and oxygen atoms in total.